The molecule has 182 valence electrons. The van der Waals surface area contributed by atoms with Crippen molar-refractivity contribution >= 4 is 40.4 Å². The summed E-state index contributed by atoms with van der Waals surface area (Å²) in [5.74, 6) is -2.75. The highest BCUT2D eigenvalue weighted by Gasteiger charge is 2.47. The van der Waals surface area contributed by atoms with Crippen LogP contribution in [0.4, 0.5) is 0 Å². The zero-order valence-electron chi connectivity index (χ0n) is 20.0. The van der Waals surface area contributed by atoms with E-state index in [1.807, 2.05) is 0 Å². The van der Waals surface area contributed by atoms with E-state index in [9.17, 15) is 14.7 Å². The molecular formula is C32H25O4P. The maximum atomic E-state index is 10.4. The number of hydrogen-bond donors (Lipinski definition) is 1. The molecule has 0 aromatic heterocycles. The average molecular weight is 505 g/mol. The van der Waals surface area contributed by atoms with Crippen LogP contribution in [0.1, 0.15) is 20.7 Å². The summed E-state index contributed by atoms with van der Waals surface area (Å²) < 4.78 is 0. The molecule has 0 heterocycles. The van der Waals surface area contributed by atoms with E-state index in [1.165, 1.54) is 45.5 Å². The summed E-state index contributed by atoms with van der Waals surface area (Å²) in [4.78, 5) is 20.8. The smallest absolute Gasteiger partial charge is 0.336 e. The first-order valence-corrected chi connectivity index (χ1v) is 13.5. The number of aromatic carboxylic acids is 2. The SMILES string of the molecule is O=C([O-])c1ccccc1C(=O)O.c1ccc([P+](c2ccccc2)(c2ccccc2)c2ccccc2)cc1. The van der Waals surface area contributed by atoms with Gasteiger partial charge in [-0.2, -0.15) is 0 Å². The van der Waals surface area contributed by atoms with Crippen LogP contribution < -0.4 is 26.3 Å². The van der Waals surface area contributed by atoms with Crippen LogP contribution in [0.5, 0.6) is 0 Å². The summed E-state index contributed by atoms with van der Waals surface area (Å²) >= 11 is 0. The fourth-order valence-corrected chi connectivity index (χ4v) is 8.61. The van der Waals surface area contributed by atoms with Crippen LogP contribution >= 0.6 is 7.26 Å². The van der Waals surface area contributed by atoms with Crippen molar-refractivity contribution in [2.75, 3.05) is 0 Å². The van der Waals surface area contributed by atoms with Crippen molar-refractivity contribution in [2.24, 2.45) is 0 Å². The van der Waals surface area contributed by atoms with Crippen LogP contribution in [0.25, 0.3) is 0 Å². The minimum atomic E-state index is -1.91. The van der Waals surface area contributed by atoms with Crippen molar-refractivity contribution in [3.8, 4) is 0 Å². The van der Waals surface area contributed by atoms with Gasteiger partial charge >= 0.3 is 5.97 Å². The van der Waals surface area contributed by atoms with E-state index >= 15 is 0 Å². The van der Waals surface area contributed by atoms with E-state index in [2.05, 4.69) is 121 Å². The second-order valence-electron chi connectivity index (χ2n) is 8.15. The predicted octanol–water partition coefficient (Wildman–Crippen LogP) is 4.05. The van der Waals surface area contributed by atoms with E-state index in [0.29, 0.717) is 0 Å². The van der Waals surface area contributed by atoms with Crippen LogP contribution in [0.15, 0.2) is 146 Å². The summed E-state index contributed by atoms with van der Waals surface area (Å²) in [6.07, 6.45) is 0. The van der Waals surface area contributed by atoms with Crippen LogP contribution in [0.3, 0.4) is 0 Å². The lowest BCUT2D eigenvalue weighted by Gasteiger charge is -2.27. The summed E-state index contributed by atoms with van der Waals surface area (Å²) in [5.41, 5.74) is -0.553. The fraction of sp³-hybridized carbons (Fsp3) is 0. The van der Waals surface area contributed by atoms with E-state index < -0.39 is 19.2 Å². The number of carbonyl (C=O) groups excluding carboxylic acids is 1. The van der Waals surface area contributed by atoms with Gasteiger partial charge in [0.25, 0.3) is 0 Å². The molecule has 0 saturated carbocycles. The Bertz CT molecular complexity index is 1260. The van der Waals surface area contributed by atoms with Crippen molar-refractivity contribution in [3.05, 3.63) is 157 Å². The van der Waals surface area contributed by atoms with Gasteiger partial charge in [0.2, 0.25) is 0 Å². The van der Waals surface area contributed by atoms with Crippen LogP contribution in [0, 0.1) is 0 Å². The third kappa shape index (κ3) is 5.50. The van der Waals surface area contributed by atoms with Gasteiger partial charge in [-0.25, -0.2) is 4.79 Å². The fourth-order valence-electron chi connectivity index (χ4n) is 4.35. The van der Waals surface area contributed by atoms with Gasteiger partial charge in [0.1, 0.15) is 28.5 Å². The summed E-state index contributed by atoms with van der Waals surface area (Å²) in [7, 11) is -1.91. The second kappa shape index (κ2) is 11.9. The molecule has 0 radical (unpaired) electrons. The molecule has 5 aromatic rings. The Balaban J connectivity index is 0.000000225. The Morgan fingerprint density at radius 2 is 0.730 bits per heavy atom. The van der Waals surface area contributed by atoms with E-state index in [0.717, 1.165) is 0 Å². The summed E-state index contributed by atoms with van der Waals surface area (Å²) in [5, 5.41) is 24.4. The first-order valence-electron chi connectivity index (χ1n) is 11.7. The number of benzene rings is 5. The zero-order valence-corrected chi connectivity index (χ0v) is 20.9. The molecule has 0 fully saturated rings. The van der Waals surface area contributed by atoms with E-state index in [-0.39, 0.29) is 11.1 Å². The van der Waals surface area contributed by atoms with Gasteiger partial charge in [-0.05, 0) is 54.6 Å². The Labute approximate surface area is 216 Å². The molecule has 4 nitrogen and oxygen atoms in total. The van der Waals surface area contributed by atoms with Crippen molar-refractivity contribution < 1.29 is 19.8 Å². The van der Waals surface area contributed by atoms with Gasteiger partial charge in [-0.15, -0.1) is 0 Å². The highest BCUT2D eigenvalue weighted by atomic mass is 31.2. The normalized spacial score (nSPS) is 10.6. The number of hydrogen-bond acceptors (Lipinski definition) is 3. The molecule has 0 spiro atoms. The highest BCUT2D eigenvalue weighted by Crippen LogP contribution is 2.53. The quantitative estimate of drug-likeness (QED) is 0.354. The molecule has 0 aliphatic carbocycles. The molecule has 0 bridgehead atoms. The van der Waals surface area contributed by atoms with Crippen LogP contribution in [0.2, 0.25) is 0 Å². The monoisotopic (exact) mass is 504 g/mol. The third-order valence-corrected chi connectivity index (χ3v) is 10.2. The van der Waals surface area contributed by atoms with Gasteiger partial charge in [0.15, 0.2) is 0 Å². The number of carboxylic acid groups (broad SMARTS) is 2. The van der Waals surface area contributed by atoms with Gasteiger partial charge in [-0.1, -0.05) is 91.0 Å². The lowest BCUT2D eigenvalue weighted by molar-refractivity contribution is -0.255. The van der Waals surface area contributed by atoms with E-state index in [4.69, 9.17) is 5.11 Å². The van der Waals surface area contributed by atoms with Gasteiger partial charge in [0, 0.05) is 5.56 Å². The predicted molar refractivity (Wildman–Crippen MR) is 149 cm³/mol. The minimum absolute atomic E-state index is 0.252. The van der Waals surface area contributed by atoms with Crippen LogP contribution in [-0.2, 0) is 0 Å². The lowest BCUT2D eigenvalue weighted by Crippen LogP contribution is -2.38. The molecule has 5 aromatic carbocycles. The number of carbonyl (C=O) groups is 2. The van der Waals surface area contributed by atoms with Gasteiger partial charge in [0.05, 0.1) is 11.5 Å². The first-order chi connectivity index (χ1) is 18.0. The maximum absolute atomic E-state index is 10.4. The first kappa shape index (κ1) is 25.6. The molecule has 5 heteroatoms. The largest absolute Gasteiger partial charge is 0.545 e. The van der Waals surface area contributed by atoms with Gasteiger partial charge < -0.3 is 15.0 Å². The van der Waals surface area contributed by atoms with Crippen LogP contribution in [-0.4, -0.2) is 17.0 Å². The molecule has 0 atom stereocenters. The minimum Gasteiger partial charge on any atom is -0.545 e. The molecule has 0 amide bonds. The maximum Gasteiger partial charge on any atom is 0.336 e. The van der Waals surface area contributed by atoms with E-state index in [1.54, 1.807) is 0 Å². The molecule has 0 saturated heterocycles. The molecular weight excluding hydrogens is 479 g/mol. The molecule has 0 aliphatic rings. The highest BCUT2D eigenvalue weighted by molar-refractivity contribution is 8.01. The Morgan fingerprint density at radius 1 is 0.459 bits per heavy atom. The Kier molecular flexibility index (Phi) is 8.25. The second-order valence-corrected chi connectivity index (χ2v) is 11.6. The Morgan fingerprint density at radius 3 is 0.973 bits per heavy atom. The van der Waals surface area contributed by atoms with Crippen molar-refractivity contribution in [3.63, 3.8) is 0 Å². The standard InChI is InChI=1S/C24H20P.C8H6O4/c1-5-13-21(14-6-1)25(22-15-7-2-8-16-22,23-17-9-3-10-18-23)24-19-11-4-12-20-24;9-7(10)5-3-1-2-4-6(5)8(11)12/h1-20H;1-4H,(H,9,10)(H,11,12)/q+1;/p-1. The molecule has 0 aliphatic heterocycles. The number of carboxylic acids is 2. The van der Waals surface area contributed by atoms with Crippen molar-refractivity contribution in [2.45, 2.75) is 0 Å². The van der Waals surface area contributed by atoms with Crippen molar-refractivity contribution in [1.29, 1.82) is 0 Å². The summed E-state index contributed by atoms with van der Waals surface area (Å²) in [6.45, 7) is 0. The van der Waals surface area contributed by atoms with Gasteiger partial charge in [-0.3, -0.25) is 0 Å². The summed E-state index contributed by atoms with van der Waals surface area (Å²) in [6, 6.07) is 49.1. The molecule has 37 heavy (non-hydrogen) atoms. The number of rotatable bonds is 6. The Hall–Kier alpha value is -4.53. The average Bonchev–Trinajstić information content (AvgIpc) is 2.96. The molecule has 5 rings (SSSR count). The van der Waals surface area contributed by atoms with Crippen molar-refractivity contribution in [1.82, 2.24) is 0 Å². The zero-order chi connectivity index (χ0) is 26.1. The topological polar surface area (TPSA) is 77.4 Å². The molecule has 1 N–H and O–H groups in total. The lowest BCUT2D eigenvalue weighted by atomic mass is 10.1. The molecule has 0 unspecified atom stereocenters. The third-order valence-electron chi connectivity index (χ3n) is 5.95.